The van der Waals surface area contributed by atoms with Crippen LogP contribution >= 0.6 is 23.1 Å². The van der Waals surface area contributed by atoms with Crippen LogP contribution in [0.5, 0.6) is 0 Å². The van der Waals surface area contributed by atoms with Crippen molar-refractivity contribution in [2.45, 2.75) is 18.6 Å². The minimum absolute atomic E-state index is 0.0209. The maximum absolute atomic E-state index is 12.8. The van der Waals surface area contributed by atoms with Crippen molar-refractivity contribution in [1.29, 1.82) is 0 Å². The number of anilines is 2. The fourth-order valence-electron chi connectivity index (χ4n) is 3.35. The monoisotopic (exact) mass is 490 g/mol. The standard InChI is InChI=1S/C25H22N4O3S2/c1-3-12-29-24(32)22-20(11-13-33-22)28-25(29)34-15-21(30)27-19-10-5-4-9-18(19)23(31)26-17-8-6-7-16(2)14-17/h3-11,13-14H,1,12,15H2,2H3,(H,26,31)(H,27,30). The quantitative estimate of drug-likeness (QED) is 0.207. The summed E-state index contributed by atoms with van der Waals surface area (Å²) in [7, 11) is 0. The van der Waals surface area contributed by atoms with Crippen LogP contribution in [0.2, 0.25) is 0 Å². The number of fused-ring (bicyclic) bond motifs is 1. The van der Waals surface area contributed by atoms with Gasteiger partial charge in [-0.25, -0.2) is 4.98 Å². The lowest BCUT2D eigenvalue weighted by Crippen LogP contribution is -2.23. The van der Waals surface area contributed by atoms with Crippen molar-refractivity contribution in [2.75, 3.05) is 16.4 Å². The van der Waals surface area contributed by atoms with E-state index >= 15 is 0 Å². The van der Waals surface area contributed by atoms with Crippen molar-refractivity contribution in [2.24, 2.45) is 0 Å². The van der Waals surface area contributed by atoms with Crippen LogP contribution < -0.4 is 16.2 Å². The van der Waals surface area contributed by atoms with Gasteiger partial charge in [-0.05, 0) is 48.2 Å². The molecule has 2 amide bonds. The van der Waals surface area contributed by atoms with Crippen molar-refractivity contribution in [3.8, 4) is 0 Å². The maximum Gasteiger partial charge on any atom is 0.272 e. The summed E-state index contributed by atoms with van der Waals surface area (Å²) in [5.41, 5.74) is 2.92. The first-order chi connectivity index (χ1) is 16.5. The summed E-state index contributed by atoms with van der Waals surface area (Å²) in [6, 6.07) is 16.1. The summed E-state index contributed by atoms with van der Waals surface area (Å²) in [6.07, 6.45) is 1.62. The van der Waals surface area contributed by atoms with Gasteiger partial charge in [0, 0.05) is 12.2 Å². The predicted octanol–water partition coefficient (Wildman–Crippen LogP) is 4.94. The summed E-state index contributed by atoms with van der Waals surface area (Å²) in [4.78, 5) is 42.9. The Hall–Kier alpha value is -3.69. The number of benzene rings is 2. The minimum atomic E-state index is -0.321. The Morgan fingerprint density at radius 1 is 1.15 bits per heavy atom. The van der Waals surface area contributed by atoms with Crippen molar-refractivity contribution in [3.05, 3.63) is 94.1 Å². The van der Waals surface area contributed by atoms with Crippen molar-refractivity contribution < 1.29 is 9.59 Å². The first-order valence-electron chi connectivity index (χ1n) is 10.4. The van der Waals surface area contributed by atoms with Gasteiger partial charge < -0.3 is 10.6 Å². The molecule has 0 bridgehead atoms. The average molecular weight is 491 g/mol. The van der Waals surface area contributed by atoms with E-state index in [2.05, 4.69) is 22.2 Å². The van der Waals surface area contributed by atoms with E-state index in [1.807, 2.05) is 36.6 Å². The van der Waals surface area contributed by atoms with E-state index in [9.17, 15) is 14.4 Å². The Balaban J connectivity index is 1.48. The predicted molar refractivity (Wildman–Crippen MR) is 139 cm³/mol. The molecule has 0 spiro atoms. The molecule has 2 N–H and O–H groups in total. The number of allylic oxidation sites excluding steroid dienone is 1. The molecule has 34 heavy (non-hydrogen) atoms. The van der Waals surface area contributed by atoms with Gasteiger partial charge in [0.15, 0.2) is 5.16 Å². The molecule has 0 saturated carbocycles. The summed E-state index contributed by atoms with van der Waals surface area (Å²) in [5.74, 6) is -0.614. The molecule has 0 aliphatic heterocycles. The summed E-state index contributed by atoms with van der Waals surface area (Å²) in [5, 5.41) is 7.92. The summed E-state index contributed by atoms with van der Waals surface area (Å²) in [6.45, 7) is 5.95. The highest BCUT2D eigenvalue weighted by atomic mass is 32.2. The van der Waals surface area contributed by atoms with Crippen LogP contribution in [0.3, 0.4) is 0 Å². The van der Waals surface area contributed by atoms with Gasteiger partial charge in [0.1, 0.15) is 4.70 Å². The van der Waals surface area contributed by atoms with E-state index in [4.69, 9.17) is 0 Å². The van der Waals surface area contributed by atoms with Crippen LogP contribution in [0, 0.1) is 6.92 Å². The molecule has 172 valence electrons. The molecule has 4 rings (SSSR count). The Kier molecular flexibility index (Phi) is 7.24. The molecule has 7 nitrogen and oxygen atoms in total. The number of hydrogen-bond donors (Lipinski definition) is 2. The zero-order valence-electron chi connectivity index (χ0n) is 18.4. The van der Waals surface area contributed by atoms with Gasteiger partial charge >= 0.3 is 0 Å². The van der Waals surface area contributed by atoms with Crippen LogP contribution in [-0.2, 0) is 11.3 Å². The number of rotatable bonds is 8. The van der Waals surface area contributed by atoms with Crippen LogP contribution in [0.25, 0.3) is 10.2 Å². The number of thiophene rings is 1. The second-order valence-corrected chi connectivity index (χ2v) is 9.30. The molecule has 2 heterocycles. The van der Waals surface area contributed by atoms with E-state index in [0.29, 0.717) is 38.9 Å². The normalized spacial score (nSPS) is 10.7. The van der Waals surface area contributed by atoms with Crippen molar-refractivity contribution in [1.82, 2.24) is 9.55 Å². The smallest absolute Gasteiger partial charge is 0.272 e. The SMILES string of the molecule is C=CCn1c(SCC(=O)Nc2ccccc2C(=O)Nc2cccc(C)c2)nc2ccsc2c1=O. The van der Waals surface area contributed by atoms with E-state index in [-0.39, 0.29) is 23.1 Å². The number of carbonyl (C=O) groups excluding carboxylic acids is 2. The van der Waals surface area contributed by atoms with Gasteiger partial charge in [-0.3, -0.25) is 19.0 Å². The number of nitrogens with one attached hydrogen (secondary N) is 2. The third-order valence-corrected chi connectivity index (χ3v) is 6.76. The van der Waals surface area contributed by atoms with Gasteiger partial charge in [-0.2, -0.15) is 0 Å². The third-order valence-electron chi connectivity index (χ3n) is 4.90. The van der Waals surface area contributed by atoms with Gasteiger partial charge in [0.2, 0.25) is 5.91 Å². The van der Waals surface area contributed by atoms with Crippen LogP contribution in [0.15, 0.2) is 82.6 Å². The maximum atomic E-state index is 12.8. The molecule has 2 aromatic carbocycles. The van der Waals surface area contributed by atoms with Crippen molar-refractivity contribution >= 4 is 56.5 Å². The lowest BCUT2D eigenvalue weighted by molar-refractivity contribution is -0.113. The highest BCUT2D eigenvalue weighted by Crippen LogP contribution is 2.22. The number of nitrogens with zero attached hydrogens (tertiary/aromatic N) is 2. The number of aryl methyl sites for hydroxylation is 1. The van der Waals surface area contributed by atoms with E-state index in [0.717, 1.165) is 17.3 Å². The number of amides is 2. The van der Waals surface area contributed by atoms with Gasteiger partial charge in [0.25, 0.3) is 11.5 Å². The molecule has 0 unspecified atom stereocenters. The Labute approximate surface area is 204 Å². The Morgan fingerprint density at radius 2 is 1.97 bits per heavy atom. The molecule has 0 aliphatic carbocycles. The molecule has 0 saturated heterocycles. The van der Waals surface area contributed by atoms with Crippen LogP contribution in [0.1, 0.15) is 15.9 Å². The highest BCUT2D eigenvalue weighted by Gasteiger charge is 2.16. The second kappa shape index (κ2) is 10.5. The molecule has 2 aromatic heterocycles. The molecular weight excluding hydrogens is 468 g/mol. The number of carbonyl (C=O) groups is 2. The molecule has 0 fully saturated rings. The molecule has 0 atom stereocenters. The molecule has 4 aromatic rings. The molecule has 9 heteroatoms. The number of para-hydroxylation sites is 1. The number of hydrogen-bond acceptors (Lipinski definition) is 6. The highest BCUT2D eigenvalue weighted by molar-refractivity contribution is 7.99. The van der Waals surface area contributed by atoms with E-state index < -0.39 is 0 Å². The summed E-state index contributed by atoms with van der Waals surface area (Å²) < 4.78 is 2.08. The van der Waals surface area contributed by atoms with E-state index in [1.165, 1.54) is 15.9 Å². The zero-order chi connectivity index (χ0) is 24.1. The topological polar surface area (TPSA) is 93.1 Å². The van der Waals surface area contributed by atoms with Crippen molar-refractivity contribution in [3.63, 3.8) is 0 Å². The molecule has 0 aliphatic rings. The third kappa shape index (κ3) is 5.27. The summed E-state index contributed by atoms with van der Waals surface area (Å²) >= 11 is 2.50. The Bertz CT molecular complexity index is 1440. The largest absolute Gasteiger partial charge is 0.325 e. The lowest BCUT2D eigenvalue weighted by atomic mass is 10.1. The lowest BCUT2D eigenvalue weighted by Gasteiger charge is -2.13. The second-order valence-electron chi connectivity index (χ2n) is 7.44. The molecular formula is C25H22N4O3S2. The number of aromatic nitrogens is 2. The van der Waals surface area contributed by atoms with E-state index in [1.54, 1.807) is 36.4 Å². The first-order valence-corrected chi connectivity index (χ1v) is 12.3. The van der Waals surface area contributed by atoms with Gasteiger partial charge in [-0.1, -0.05) is 42.1 Å². The first kappa shape index (κ1) is 23.5. The van der Waals surface area contributed by atoms with Gasteiger partial charge in [0.05, 0.1) is 22.5 Å². The minimum Gasteiger partial charge on any atom is -0.325 e. The average Bonchev–Trinajstić information content (AvgIpc) is 3.29. The fourth-order valence-corrected chi connectivity index (χ4v) is 4.94. The fraction of sp³-hybridized carbons (Fsp3) is 0.120. The zero-order valence-corrected chi connectivity index (χ0v) is 20.0. The van der Waals surface area contributed by atoms with Crippen LogP contribution in [-0.4, -0.2) is 27.1 Å². The Morgan fingerprint density at radius 3 is 2.76 bits per heavy atom. The number of thioether (sulfide) groups is 1. The van der Waals surface area contributed by atoms with Crippen LogP contribution in [0.4, 0.5) is 11.4 Å². The molecule has 0 radical (unpaired) electrons. The van der Waals surface area contributed by atoms with Gasteiger partial charge in [-0.15, -0.1) is 17.9 Å².